The molecule has 1 N–H and O–H groups in total. The Hall–Kier alpha value is -3.09. The van der Waals surface area contributed by atoms with Crippen LogP contribution in [0.25, 0.3) is 0 Å². The van der Waals surface area contributed by atoms with Crippen molar-refractivity contribution >= 4 is 11.9 Å². The monoisotopic (exact) mass is 410 g/mol. The predicted octanol–water partition coefficient (Wildman–Crippen LogP) is 2.99. The van der Waals surface area contributed by atoms with Crippen molar-refractivity contribution in [2.45, 2.75) is 45.8 Å². The van der Waals surface area contributed by atoms with Gasteiger partial charge in [0.15, 0.2) is 0 Å². The number of carbonyl (C=O) groups is 2. The first-order valence-electron chi connectivity index (χ1n) is 10.4. The van der Waals surface area contributed by atoms with Gasteiger partial charge in [0, 0.05) is 44.0 Å². The molecule has 7 nitrogen and oxygen atoms in total. The SMILES string of the molecule is CC(C)NC(=O)N1CCOc2ccc(CCC(=O)N(C)Cc3cccnc3)cc2C1. The Balaban J connectivity index is 1.59. The minimum atomic E-state index is -0.0842. The highest BCUT2D eigenvalue weighted by Gasteiger charge is 2.20. The summed E-state index contributed by atoms with van der Waals surface area (Å²) in [6.45, 7) is 5.94. The largest absolute Gasteiger partial charge is 0.491 e. The number of hydrogen-bond donors (Lipinski definition) is 1. The lowest BCUT2D eigenvalue weighted by Crippen LogP contribution is -2.43. The molecule has 0 spiro atoms. The van der Waals surface area contributed by atoms with Crippen LogP contribution in [0, 0.1) is 0 Å². The maximum absolute atomic E-state index is 12.5. The molecule has 3 amide bonds. The van der Waals surface area contributed by atoms with E-state index in [1.807, 2.05) is 51.2 Å². The quantitative estimate of drug-likeness (QED) is 0.795. The van der Waals surface area contributed by atoms with Crippen molar-refractivity contribution in [2.75, 3.05) is 20.2 Å². The molecule has 7 heteroatoms. The summed E-state index contributed by atoms with van der Waals surface area (Å²) < 4.78 is 5.82. The second-order valence-corrected chi connectivity index (χ2v) is 7.93. The third-order valence-corrected chi connectivity index (χ3v) is 5.00. The van der Waals surface area contributed by atoms with Crippen LogP contribution >= 0.6 is 0 Å². The zero-order valence-electron chi connectivity index (χ0n) is 17.9. The average molecular weight is 411 g/mol. The summed E-state index contributed by atoms with van der Waals surface area (Å²) in [5.74, 6) is 0.890. The summed E-state index contributed by atoms with van der Waals surface area (Å²) in [7, 11) is 1.81. The van der Waals surface area contributed by atoms with Gasteiger partial charge in [0.2, 0.25) is 5.91 Å². The van der Waals surface area contributed by atoms with E-state index in [9.17, 15) is 9.59 Å². The second-order valence-electron chi connectivity index (χ2n) is 7.93. The summed E-state index contributed by atoms with van der Waals surface area (Å²) in [6.07, 6.45) is 4.56. The van der Waals surface area contributed by atoms with Gasteiger partial charge in [-0.25, -0.2) is 4.79 Å². The average Bonchev–Trinajstić information content (AvgIpc) is 2.94. The molecule has 1 aromatic carbocycles. The van der Waals surface area contributed by atoms with E-state index >= 15 is 0 Å². The summed E-state index contributed by atoms with van der Waals surface area (Å²) >= 11 is 0. The molecule has 1 aliphatic rings. The summed E-state index contributed by atoms with van der Waals surface area (Å²) in [5, 5.41) is 2.93. The van der Waals surface area contributed by atoms with Crippen molar-refractivity contribution in [3.8, 4) is 5.75 Å². The van der Waals surface area contributed by atoms with Crippen LogP contribution < -0.4 is 10.1 Å². The molecule has 0 fully saturated rings. The molecule has 0 radical (unpaired) electrons. The fraction of sp³-hybridized carbons (Fsp3) is 0.435. The number of carbonyl (C=O) groups excluding carboxylic acids is 2. The lowest BCUT2D eigenvalue weighted by Gasteiger charge is -2.22. The highest BCUT2D eigenvalue weighted by Crippen LogP contribution is 2.25. The molecule has 1 aliphatic heterocycles. The Morgan fingerprint density at radius 2 is 2.10 bits per heavy atom. The molecule has 0 unspecified atom stereocenters. The number of hydrogen-bond acceptors (Lipinski definition) is 4. The second kappa shape index (κ2) is 10.1. The number of nitrogens with one attached hydrogen (secondary N) is 1. The normalized spacial score (nSPS) is 13.3. The van der Waals surface area contributed by atoms with E-state index < -0.39 is 0 Å². The van der Waals surface area contributed by atoms with E-state index in [0.717, 1.165) is 22.4 Å². The Morgan fingerprint density at radius 1 is 1.27 bits per heavy atom. The number of nitrogens with zero attached hydrogens (tertiary/aromatic N) is 3. The third-order valence-electron chi connectivity index (χ3n) is 5.00. The van der Waals surface area contributed by atoms with Crippen LogP contribution in [0.1, 0.15) is 37.0 Å². The first-order chi connectivity index (χ1) is 14.4. The molecule has 160 valence electrons. The van der Waals surface area contributed by atoms with Crippen molar-refractivity contribution in [1.82, 2.24) is 20.1 Å². The molecule has 2 aromatic rings. The molecule has 0 aliphatic carbocycles. The first-order valence-corrected chi connectivity index (χ1v) is 10.4. The van der Waals surface area contributed by atoms with E-state index in [2.05, 4.69) is 10.3 Å². The number of amides is 3. The van der Waals surface area contributed by atoms with E-state index in [1.54, 1.807) is 22.2 Å². The Morgan fingerprint density at radius 3 is 2.83 bits per heavy atom. The van der Waals surface area contributed by atoms with Crippen LogP contribution in [0.15, 0.2) is 42.7 Å². The van der Waals surface area contributed by atoms with E-state index in [-0.39, 0.29) is 18.0 Å². The maximum Gasteiger partial charge on any atom is 0.318 e. The van der Waals surface area contributed by atoms with Gasteiger partial charge in [-0.15, -0.1) is 0 Å². The van der Waals surface area contributed by atoms with Gasteiger partial charge in [-0.05, 0) is 43.5 Å². The number of fused-ring (bicyclic) bond motifs is 1. The van der Waals surface area contributed by atoms with Gasteiger partial charge in [0.25, 0.3) is 0 Å². The number of benzene rings is 1. The fourth-order valence-corrected chi connectivity index (χ4v) is 3.41. The molecule has 2 heterocycles. The lowest BCUT2D eigenvalue weighted by atomic mass is 10.0. The topological polar surface area (TPSA) is 74.8 Å². The van der Waals surface area contributed by atoms with Gasteiger partial charge in [-0.2, -0.15) is 0 Å². The third kappa shape index (κ3) is 5.95. The number of rotatable bonds is 6. The van der Waals surface area contributed by atoms with Gasteiger partial charge >= 0.3 is 6.03 Å². The molecule has 30 heavy (non-hydrogen) atoms. The number of aromatic nitrogens is 1. The van der Waals surface area contributed by atoms with E-state index in [1.165, 1.54) is 0 Å². The van der Waals surface area contributed by atoms with Gasteiger partial charge < -0.3 is 19.9 Å². The zero-order valence-corrected chi connectivity index (χ0v) is 17.9. The smallest absolute Gasteiger partial charge is 0.318 e. The van der Waals surface area contributed by atoms with Crippen molar-refractivity contribution in [2.24, 2.45) is 0 Å². The van der Waals surface area contributed by atoms with Crippen LogP contribution in [0.4, 0.5) is 4.79 Å². The van der Waals surface area contributed by atoms with Gasteiger partial charge in [-0.1, -0.05) is 18.2 Å². The molecular formula is C23H30N4O3. The summed E-state index contributed by atoms with van der Waals surface area (Å²) in [5.41, 5.74) is 3.04. The Bertz CT molecular complexity index is 870. The molecule has 3 rings (SSSR count). The Kier molecular flexibility index (Phi) is 7.27. The van der Waals surface area contributed by atoms with Crippen LogP contribution in [-0.2, 0) is 24.3 Å². The molecule has 1 aromatic heterocycles. The first kappa shape index (κ1) is 21.6. The van der Waals surface area contributed by atoms with E-state index in [0.29, 0.717) is 39.1 Å². The number of urea groups is 1. The van der Waals surface area contributed by atoms with Gasteiger partial charge in [0.05, 0.1) is 13.1 Å². The van der Waals surface area contributed by atoms with Crippen LogP contribution in [0.2, 0.25) is 0 Å². The van der Waals surface area contributed by atoms with Crippen LogP contribution in [-0.4, -0.2) is 53.0 Å². The Labute approximate surface area is 178 Å². The number of aryl methyl sites for hydroxylation is 1. The predicted molar refractivity (Wildman–Crippen MR) is 115 cm³/mol. The van der Waals surface area contributed by atoms with Gasteiger partial charge in [-0.3, -0.25) is 9.78 Å². The minimum absolute atomic E-state index is 0.0842. The lowest BCUT2D eigenvalue weighted by molar-refractivity contribution is -0.130. The number of ether oxygens (including phenoxy) is 1. The van der Waals surface area contributed by atoms with Gasteiger partial charge in [0.1, 0.15) is 12.4 Å². The fourth-order valence-electron chi connectivity index (χ4n) is 3.41. The van der Waals surface area contributed by atoms with Crippen molar-refractivity contribution < 1.29 is 14.3 Å². The van der Waals surface area contributed by atoms with Crippen LogP contribution in [0.5, 0.6) is 5.75 Å². The molecule has 0 atom stereocenters. The van der Waals surface area contributed by atoms with Crippen LogP contribution in [0.3, 0.4) is 0 Å². The number of pyridine rings is 1. The highest BCUT2D eigenvalue weighted by molar-refractivity contribution is 5.76. The molecular weight excluding hydrogens is 380 g/mol. The summed E-state index contributed by atoms with van der Waals surface area (Å²) in [6, 6.07) is 9.82. The van der Waals surface area contributed by atoms with E-state index in [4.69, 9.17) is 4.74 Å². The van der Waals surface area contributed by atoms with Crippen molar-refractivity contribution in [1.29, 1.82) is 0 Å². The van der Waals surface area contributed by atoms with Crippen molar-refractivity contribution in [3.63, 3.8) is 0 Å². The van der Waals surface area contributed by atoms with Crippen molar-refractivity contribution in [3.05, 3.63) is 59.4 Å². The minimum Gasteiger partial charge on any atom is -0.491 e. The maximum atomic E-state index is 12.5. The summed E-state index contributed by atoms with van der Waals surface area (Å²) in [4.78, 5) is 32.5. The zero-order chi connectivity index (χ0) is 21.5. The molecule has 0 saturated carbocycles. The molecule has 0 saturated heterocycles. The molecule has 0 bridgehead atoms. The highest BCUT2D eigenvalue weighted by atomic mass is 16.5. The standard InChI is InChI=1S/C23H30N4O3/c1-17(2)25-23(29)27-11-12-30-21-8-6-18(13-20(21)16-27)7-9-22(28)26(3)15-19-5-4-10-24-14-19/h4-6,8,10,13-14,17H,7,9,11-12,15-16H2,1-3H3,(H,25,29).